The molecule has 1 saturated carbocycles. The molecule has 5 nitrogen and oxygen atoms in total. The molecule has 20 heavy (non-hydrogen) atoms. The summed E-state index contributed by atoms with van der Waals surface area (Å²) in [6, 6.07) is 5.61. The van der Waals surface area contributed by atoms with Crippen LogP contribution in [0.25, 0.3) is 0 Å². The summed E-state index contributed by atoms with van der Waals surface area (Å²) in [7, 11) is 0. The van der Waals surface area contributed by atoms with Crippen LogP contribution in [-0.4, -0.2) is 29.5 Å². The van der Waals surface area contributed by atoms with E-state index in [0.717, 1.165) is 37.7 Å². The van der Waals surface area contributed by atoms with Crippen molar-refractivity contribution in [1.29, 1.82) is 0 Å². The number of hydrogen-bond acceptors (Lipinski definition) is 4. The van der Waals surface area contributed by atoms with E-state index in [9.17, 15) is 9.59 Å². The smallest absolute Gasteiger partial charge is 0.416 e. The first-order valence-electron chi connectivity index (χ1n) is 7.01. The molecule has 1 amide bonds. The average molecular weight is 274 g/mol. The number of anilines is 1. The third-order valence-corrected chi connectivity index (χ3v) is 4.25. The quantitative estimate of drug-likeness (QED) is 0.777. The van der Waals surface area contributed by atoms with Gasteiger partial charge in [0.2, 0.25) is 0 Å². The van der Waals surface area contributed by atoms with Crippen LogP contribution in [-0.2, 0) is 9.53 Å². The zero-order valence-corrected chi connectivity index (χ0v) is 11.5. The van der Waals surface area contributed by atoms with Crippen LogP contribution in [0.4, 0.5) is 10.6 Å². The molecule has 0 aromatic carbocycles. The predicted octanol–water partition coefficient (Wildman–Crippen LogP) is 2.47. The highest BCUT2D eigenvalue weighted by atomic mass is 16.6. The molecule has 2 aliphatic rings. The van der Waals surface area contributed by atoms with Gasteiger partial charge in [0.1, 0.15) is 17.7 Å². The van der Waals surface area contributed by atoms with Crippen LogP contribution >= 0.6 is 0 Å². The highest BCUT2D eigenvalue weighted by molar-refractivity contribution is 5.89. The fourth-order valence-electron chi connectivity index (χ4n) is 3.04. The van der Waals surface area contributed by atoms with Crippen LogP contribution in [0, 0.1) is 12.8 Å². The number of aryl methyl sites for hydroxylation is 1. The topological polar surface area (TPSA) is 59.5 Å². The lowest BCUT2D eigenvalue weighted by Crippen LogP contribution is -2.39. The number of pyridine rings is 1. The van der Waals surface area contributed by atoms with Gasteiger partial charge in [-0.1, -0.05) is 6.07 Å². The number of ether oxygens (including phenoxy) is 1. The van der Waals surface area contributed by atoms with Gasteiger partial charge in [-0.2, -0.15) is 0 Å². The summed E-state index contributed by atoms with van der Waals surface area (Å²) < 4.78 is 5.62. The molecule has 1 saturated heterocycles. The molecule has 0 atom stereocenters. The first kappa shape index (κ1) is 13.1. The van der Waals surface area contributed by atoms with Gasteiger partial charge in [0, 0.05) is 11.6 Å². The molecule has 0 unspecified atom stereocenters. The Morgan fingerprint density at radius 3 is 2.80 bits per heavy atom. The number of hydrogen-bond donors (Lipinski definition) is 0. The molecule has 1 aliphatic carbocycles. The monoisotopic (exact) mass is 274 g/mol. The Balaban J connectivity index is 1.77. The first-order valence-corrected chi connectivity index (χ1v) is 7.01. The lowest BCUT2D eigenvalue weighted by atomic mass is 9.79. The fourth-order valence-corrected chi connectivity index (χ4v) is 3.04. The van der Waals surface area contributed by atoms with Gasteiger partial charge in [0.15, 0.2) is 0 Å². The minimum Gasteiger partial charge on any atom is -0.441 e. The van der Waals surface area contributed by atoms with Crippen LogP contribution in [0.3, 0.4) is 0 Å². The standard InChI is InChI=1S/C15H18N2O3/c1-11-3-2-4-13(16-11)17-10-15(20-14(17)19)7-5-12(9-18)6-8-15/h2-4,9,12H,5-8,10H2,1H3. The molecule has 3 rings (SSSR count). The van der Waals surface area contributed by atoms with Crippen molar-refractivity contribution in [1.82, 2.24) is 4.98 Å². The summed E-state index contributed by atoms with van der Waals surface area (Å²) in [5.74, 6) is 0.759. The Kier molecular flexibility index (Phi) is 3.20. The van der Waals surface area contributed by atoms with Gasteiger partial charge in [-0.25, -0.2) is 9.78 Å². The number of carbonyl (C=O) groups is 2. The van der Waals surface area contributed by atoms with E-state index in [-0.39, 0.29) is 12.0 Å². The minimum absolute atomic E-state index is 0.116. The summed E-state index contributed by atoms with van der Waals surface area (Å²) in [4.78, 5) is 28.9. The summed E-state index contributed by atoms with van der Waals surface area (Å²) in [5.41, 5.74) is 0.447. The largest absolute Gasteiger partial charge is 0.441 e. The summed E-state index contributed by atoms with van der Waals surface area (Å²) in [5, 5.41) is 0. The van der Waals surface area contributed by atoms with Crippen molar-refractivity contribution >= 4 is 18.2 Å². The maximum Gasteiger partial charge on any atom is 0.416 e. The van der Waals surface area contributed by atoms with Crippen LogP contribution in [0.15, 0.2) is 18.2 Å². The minimum atomic E-state index is -0.429. The molecule has 1 spiro atoms. The van der Waals surface area contributed by atoms with Gasteiger partial charge in [-0.05, 0) is 44.7 Å². The Hall–Kier alpha value is -1.91. The van der Waals surface area contributed by atoms with E-state index in [4.69, 9.17) is 4.74 Å². The van der Waals surface area contributed by atoms with E-state index in [1.807, 2.05) is 25.1 Å². The number of rotatable bonds is 2. The lowest BCUT2D eigenvalue weighted by Gasteiger charge is -2.33. The molecule has 0 bridgehead atoms. The second-order valence-electron chi connectivity index (χ2n) is 5.75. The number of aromatic nitrogens is 1. The molecular formula is C15H18N2O3. The Bertz CT molecular complexity index is 536. The molecule has 5 heteroatoms. The Morgan fingerprint density at radius 2 is 2.15 bits per heavy atom. The van der Waals surface area contributed by atoms with Crippen molar-refractivity contribution in [3.63, 3.8) is 0 Å². The highest BCUT2D eigenvalue weighted by Gasteiger charge is 2.47. The maximum absolute atomic E-state index is 12.1. The first-order chi connectivity index (χ1) is 9.62. The van der Waals surface area contributed by atoms with Crippen LogP contribution in [0.5, 0.6) is 0 Å². The van der Waals surface area contributed by atoms with E-state index < -0.39 is 5.60 Å². The van der Waals surface area contributed by atoms with Crippen LogP contribution < -0.4 is 4.90 Å². The van der Waals surface area contributed by atoms with Gasteiger partial charge in [0.05, 0.1) is 6.54 Å². The zero-order valence-electron chi connectivity index (χ0n) is 11.5. The number of amides is 1. The molecule has 0 N–H and O–H groups in total. The van der Waals surface area contributed by atoms with E-state index in [1.54, 1.807) is 4.90 Å². The van der Waals surface area contributed by atoms with E-state index in [1.165, 1.54) is 0 Å². The third-order valence-electron chi connectivity index (χ3n) is 4.25. The molecule has 2 heterocycles. The number of nitrogens with zero attached hydrogens (tertiary/aromatic N) is 2. The predicted molar refractivity (Wildman–Crippen MR) is 73.6 cm³/mol. The Morgan fingerprint density at radius 1 is 1.40 bits per heavy atom. The van der Waals surface area contributed by atoms with Gasteiger partial charge in [0.25, 0.3) is 0 Å². The van der Waals surface area contributed by atoms with Crippen molar-refractivity contribution in [2.45, 2.75) is 38.2 Å². The summed E-state index contributed by atoms with van der Waals surface area (Å²) in [6.45, 7) is 2.43. The molecule has 106 valence electrons. The van der Waals surface area contributed by atoms with Gasteiger partial charge >= 0.3 is 6.09 Å². The fraction of sp³-hybridized carbons (Fsp3) is 0.533. The van der Waals surface area contributed by atoms with Crippen LogP contribution in [0.2, 0.25) is 0 Å². The second-order valence-corrected chi connectivity index (χ2v) is 5.75. The van der Waals surface area contributed by atoms with Gasteiger partial charge in [-0.3, -0.25) is 4.90 Å². The van der Waals surface area contributed by atoms with Crippen molar-refractivity contribution in [2.75, 3.05) is 11.4 Å². The average Bonchev–Trinajstić information content (AvgIpc) is 2.77. The molecule has 1 aliphatic heterocycles. The lowest BCUT2D eigenvalue weighted by molar-refractivity contribution is -0.113. The summed E-state index contributed by atoms with van der Waals surface area (Å²) in [6.07, 6.45) is 3.79. The van der Waals surface area contributed by atoms with Crippen LogP contribution in [0.1, 0.15) is 31.4 Å². The molecule has 2 fully saturated rings. The number of aldehydes is 1. The number of carbonyl (C=O) groups excluding carboxylic acids is 2. The normalized spacial score (nSPS) is 29.6. The molecule has 1 aromatic heterocycles. The SMILES string of the molecule is Cc1cccc(N2CC3(CCC(C=O)CC3)OC2=O)n1. The molecule has 0 radical (unpaired) electrons. The highest BCUT2D eigenvalue weighted by Crippen LogP contribution is 2.39. The third kappa shape index (κ3) is 2.28. The second kappa shape index (κ2) is 4.89. The van der Waals surface area contributed by atoms with E-state index in [0.29, 0.717) is 12.4 Å². The summed E-state index contributed by atoms with van der Waals surface area (Å²) >= 11 is 0. The maximum atomic E-state index is 12.1. The van der Waals surface area contributed by atoms with Crippen molar-refractivity contribution < 1.29 is 14.3 Å². The molecule has 1 aromatic rings. The van der Waals surface area contributed by atoms with E-state index >= 15 is 0 Å². The Labute approximate surface area is 117 Å². The van der Waals surface area contributed by atoms with Gasteiger partial charge in [-0.15, -0.1) is 0 Å². The van der Waals surface area contributed by atoms with Crippen molar-refractivity contribution in [3.8, 4) is 0 Å². The van der Waals surface area contributed by atoms with E-state index in [2.05, 4.69) is 4.98 Å². The van der Waals surface area contributed by atoms with Crippen molar-refractivity contribution in [2.24, 2.45) is 5.92 Å². The molecular weight excluding hydrogens is 256 g/mol. The zero-order chi connectivity index (χ0) is 14.2. The van der Waals surface area contributed by atoms with Crippen molar-refractivity contribution in [3.05, 3.63) is 23.9 Å². The van der Waals surface area contributed by atoms with Gasteiger partial charge < -0.3 is 9.53 Å².